The molecule has 0 unspecified atom stereocenters. The lowest BCUT2D eigenvalue weighted by Gasteiger charge is -2.15. The lowest BCUT2D eigenvalue weighted by molar-refractivity contribution is -0.125. The zero-order chi connectivity index (χ0) is 21.7. The Balaban J connectivity index is 1.50. The molecule has 0 saturated carbocycles. The number of hydrogen-bond acceptors (Lipinski definition) is 6. The highest BCUT2D eigenvalue weighted by Gasteiger charge is 2.43. The van der Waals surface area contributed by atoms with Crippen molar-refractivity contribution in [2.75, 3.05) is 6.54 Å². The third-order valence-corrected chi connectivity index (χ3v) is 6.22. The summed E-state index contributed by atoms with van der Waals surface area (Å²) in [4.78, 5) is 12.2. The van der Waals surface area contributed by atoms with Crippen molar-refractivity contribution in [1.29, 1.82) is 0 Å². The van der Waals surface area contributed by atoms with Crippen LogP contribution in [0.25, 0.3) is 0 Å². The molecular weight excluding hydrogens is 415 g/mol. The van der Waals surface area contributed by atoms with Crippen LogP contribution in [-0.4, -0.2) is 55.5 Å². The molecule has 2 aromatic rings. The summed E-state index contributed by atoms with van der Waals surface area (Å²) in [6, 6.07) is 13.3. The number of rotatable bonds is 8. The van der Waals surface area contributed by atoms with Gasteiger partial charge in [-0.15, -0.1) is 0 Å². The van der Waals surface area contributed by atoms with Crippen molar-refractivity contribution in [3.8, 4) is 0 Å². The lowest BCUT2D eigenvalue weighted by Crippen LogP contribution is -2.40. The quantitative estimate of drug-likeness (QED) is 0.470. The lowest BCUT2D eigenvalue weighted by atomic mass is 10.1. The Labute approximate surface area is 173 Å². The van der Waals surface area contributed by atoms with Gasteiger partial charge >= 0.3 is 0 Å². The van der Waals surface area contributed by atoms with Crippen LogP contribution in [0.3, 0.4) is 0 Å². The van der Waals surface area contributed by atoms with E-state index in [-0.39, 0.29) is 30.2 Å². The summed E-state index contributed by atoms with van der Waals surface area (Å²) >= 11 is 0. The van der Waals surface area contributed by atoms with Crippen molar-refractivity contribution in [2.24, 2.45) is 0 Å². The predicted molar refractivity (Wildman–Crippen MR) is 105 cm³/mol. The van der Waals surface area contributed by atoms with Crippen LogP contribution in [0.5, 0.6) is 0 Å². The molecule has 3 rings (SSSR count). The van der Waals surface area contributed by atoms with E-state index in [2.05, 4.69) is 10.0 Å². The molecular formula is C20H23FN2O6S. The summed E-state index contributed by atoms with van der Waals surface area (Å²) in [5, 5.41) is 23.0. The Kier molecular flexibility index (Phi) is 7.16. The minimum absolute atomic E-state index is 0.0646. The molecule has 2 aromatic carbocycles. The van der Waals surface area contributed by atoms with E-state index in [0.717, 1.165) is 0 Å². The molecule has 0 bridgehead atoms. The molecule has 162 valence electrons. The molecule has 10 heteroatoms. The first-order valence-electron chi connectivity index (χ1n) is 9.34. The van der Waals surface area contributed by atoms with Crippen LogP contribution >= 0.6 is 0 Å². The predicted octanol–water partition coefficient (Wildman–Crippen LogP) is 0.300. The number of carbonyl (C=O) groups is 1. The Bertz CT molecular complexity index is 955. The fourth-order valence-electron chi connectivity index (χ4n) is 3.10. The molecule has 1 amide bonds. The molecule has 0 radical (unpaired) electrons. The topological polar surface area (TPSA) is 125 Å². The van der Waals surface area contributed by atoms with Gasteiger partial charge in [0.2, 0.25) is 15.9 Å². The second kappa shape index (κ2) is 9.63. The number of aliphatic hydroxyl groups is 2. The van der Waals surface area contributed by atoms with E-state index in [9.17, 15) is 27.8 Å². The average molecular weight is 438 g/mol. The number of nitrogens with one attached hydrogen (secondary N) is 2. The van der Waals surface area contributed by atoms with Gasteiger partial charge in [0.15, 0.2) is 0 Å². The second-order valence-electron chi connectivity index (χ2n) is 6.97. The number of sulfonamides is 1. The Morgan fingerprint density at radius 2 is 1.63 bits per heavy atom. The van der Waals surface area contributed by atoms with E-state index in [1.54, 1.807) is 18.2 Å². The molecule has 0 aromatic heterocycles. The Morgan fingerprint density at radius 1 is 1.00 bits per heavy atom. The minimum Gasteiger partial charge on any atom is -0.388 e. The smallest absolute Gasteiger partial charge is 0.240 e. The van der Waals surface area contributed by atoms with Gasteiger partial charge in [-0.1, -0.05) is 30.3 Å². The van der Waals surface area contributed by atoms with Crippen LogP contribution in [0.15, 0.2) is 59.5 Å². The maximum atomic E-state index is 12.9. The molecule has 4 atom stereocenters. The molecule has 8 nitrogen and oxygen atoms in total. The van der Waals surface area contributed by atoms with Crippen LogP contribution in [-0.2, 0) is 26.1 Å². The number of ether oxygens (including phenoxy) is 1. The van der Waals surface area contributed by atoms with Gasteiger partial charge in [0.25, 0.3) is 0 Å². The van der Waals surface area contributed by atoms with Crippen LogP contribution in [0, 0.1) is 5.82 Å². The van der Waals surface area contributed by atoms with Gasteiger partial charge in [0, 0.05) is 13.1 Å². The van der Waals surface area contributed by atoms with Gasteiger partial charge in [-0.2, -0.15) is 0 Å². The summed E-state index contributed by atoms with van der Waals surface area (Å²) in [5.41, 5.74) is 0.700. The van der Waals surface area contributed by atoms with Gasteiger partial charge in [-0.05, 0) is 29.8 Å². The number of hydrogen-bond donors (Lipinski definition) is 4. The molecule has 1 heterocycles. The van der Waals surface area contributed by atoms with Crippen LogP contribution < -0.4 is 10.0 Å². The van der Waals surface area contributed by atoms with Crippen molar-refractivity contribution in [1.82, 2.24) is 10.0 Å². The van der Waals surface area contributed by atoms with Gasteiger partial charge in [-0.3, -0.25) is 4.79 Å². The third kappa shape index (κ3) is 5.61. The molecule has 0 aliphatic carbocycles. The number of carbonyl (C=O) groups excluding carboxylic acids is 1. The van der Waals surface area contributed by atoms with Crippen molar-refractivity contribution in [3.05, 3.63) is 66.0 Å². The van der Waals surface area contributed by atoms with Crippen molar-refractivity contribution >= 4 is 15.9 Å². The van der Waals surface area contributed by atoms with Crippen molar-refractivity contribution in [2.45, 2.75) is 42.3 Å². The maximum Gasteiger partial charge on any atom is 0.240 e. The Hall–Kier alpha value is -2.37. The first-order chi connectivity index (χ1) is 14.3. The SMILES string of the molecule is O=C(C[C@@H]1O[C@@H](CNS(=O)(=O)c2ccccc2)[C@@H](O)[C@H]1O)NCc1ccc(F)cc1. The fourth-order valence-corrected chi connectivity index (χ4v) is 4.16. The highest BCUT2D eigenvalue weighted by molar-refractivity contribution is 7.89. The highest BCUT2D eigenvalue weighted by atomic mass is 32.2. The zero-order valence-electron chi connectivity index (χ0n) is 15.9. The third-order valence-electron chi connectivity index (χ3n) is 4.78. The second-order valence-corrected chi connectivity index (χ2v) is 8.73. The van der Waals surface area contributed by atoms with Gasteiger partial charge in [-0.25, -0.2) is 17.5 Å². The highest BCUT2D eigenvalue weighted by Crippen LogP contribution is 2.24. The summed E-state index contributed by atoms with van der Waals surface area (Å²) in [5.74, 6) is -0.809. The van der Waals surface area contributed by atoms with Gasteiger partial charge in [0.1, 0.15) is 24.1 Å². The van der Waals surface area contributed by atoms with Gasteiger partial charge < -0.3 is 20.3 Å². The van der Waals surface area contributed by atoms with E-state index in [1.165, 1.54) is 36.4 Å². The molecule has 30 heavy (non-hydrogen) atoms. The number of amides is 1. The summed E-state index contributed by atoms with van der Waals surface area (Å²) in [6.45, 7) is -0.0893. The van der Waals surface area contributed by atoms with Crippen LogP contribution in [0.1, 0.15) is 12.0 Å². The normalized spacial score (nSPS) is 24.0. The molecule has 4 N–H and O–H groups in total. The van der Waals surface area contributed by atoms with Crippen molar-refractivity contribution < 1.29 is 32.6 Å². The summed E-state index contributed by atoms with van der Waals surface area (Å²) in [7, 11) is -3.80. The Morgan fingerprint density at radius 3 is 2.30 bits per heavy atom. The average Bonchev–Trinajstić information content (AvgIpc) is 3.00. The molecule has 0 spiro atoms. The van der Waals surface area contributed by atoms with E-state index in [0.29, 0.717) is 5.56 Å². The van der Waals surface area contributed by atoms with Crippen molar-refractivity contribution in [3.63, 3.8) is 0 Å². The van der Waals surface area contributed by atoms with Crippen LogP contribution in [0.4, 0.5) is 4.39 Å². The maximum absolute atomic E-state index is 12.9. The molecule has 1 fully saturated rings. The first kappa shape index (κ1) is 22.3. The van der Waals surface area contributed by atoms with Crippen LogP contribution in [0.2, 0.25) is 0 Å². The van der Waals surface area contributed by atoms with E-state index in [4.69, 9.17) is 4.74 Å². The fraction of sp³-hybridized carbons (Fsp3) is 0.350. The molecule has 1 aliphatic rings. The zero-order valence-corrected chi connectivity index (χ0v) is 16.8. The van der Waals surface area contributed by atoms with E-state index < -0.39 is 40.3 Å². The monoisotopic (exact) mass is 438 g/mol. The first-order valence-corrected chi connectivity index (χ1v) is 10.8. The summed E-state index contributed by atoms with van der Waals surface area (Å²) < 4.78 is 45.3. The number of aliphatic hydroxyl groups excluding tert-OH is 2. The number of benzene rings is 2. The summed E-state index contributed by atoms with van der Waals surface area (Å²) in [6.07, 6.45) is -4.90. The standard InChI is InChI=1S/C20H23FN2O6S/c21-14-8-6-13(7-9-14)11-22-18(24)10-16-19(25)20(26)17(29-16)12-23-30(27,28)15-4-2-1-3-5-15/h1-9,16-17,19-20,23,25-26H,10-12H2,(H,22,24)/t16-,17-,19-,20+/m0/s1. The van der Waals surface area contributed by atoms with E-state index in [1.807, 2.05) is 0 Å². The molecule has 1 aliphatic heterocycles. The van der Waals surface area contributed by atoms with Gasteiger partial charge in [0.05, 0.1) is 17.4 Å². The molecule has 1 saturated heterocycles. The number of halogens is 1. The van der Waals surface area contributed by atoms with E-state index >= 15 is 0 Å². The minimum atomic E-state index is -3.80. The largest absolute Gasteiger partial charge is 0.388 e.